The van der Waals surface area contributed by atoms with Crippen molar-refractivity contribution in [3.05, 3.63) is 77.7 Å². The molecule has 4 heterocycles. The van der Waals surface area contributed by atoms with Gasteiger partial charge in [-0.05, 0) is 18.2 Å². The number of hydrogen-bond acceptors (Lipinski definition) is 9. The third-order valence-electron chi connectivity index (χ3n) is 5.07. The quantitative estimate of drug-likeness (QED) is 0.260. The van der Waals surface area contributed by atoms with E-state index in [0.717, 1.165) is 11.3 Å². The average Bonchev–Trinajstić information content (AvgIpc) is 3.54. The fraction of sp³-hybridized carbons (Fsp3) is 0.0455. The van der Waals surface area contributed by atoms with Gasteiger partial charge in [0.1, 0.15) is 10.6 Å². The van der Waals surface area contributed by atoms with E-state index >= 15 is 4.39 Å². The Labute approximate surface area is 207 Å². The average molecular weight is 526 g/mol. The van der Waals surface area contributed by atoms with Crippen LogP contribution in [-0.2, 0) is 10.2 Å². The molecule has 0 amide bonds. The maximum Gasteiger partial charge on any atom is 0.322 e. The number of pyridine rings is 1. The van der Waals surface area contributed by atoms with Crippen LogP contribution in [0.2, 0.25) is 0 Å². The van der Waals surface area contributed by atoms with Crippen LogP contribution >= 0.6 is 11.3 Å². The summed E-state index contributed by atoms with van der Waals surface area (Å²) >= 11 is 1.06. The number of ether oxygens (including phenoxy) is 1. The van der Waals surface area contributed by atoms with E-state index in [2.05, 4.69) is 34.4 Å². The van der Waals surface area contributed by atoms with E-state index in [1.54, 1.807) is 24.7 Å². The largest absolute Gasteiger partial charge is 0.467 e. The van der Waals surface area contributed by atoms with Gasteiger partial charge in [-0.15, -0.1) is 11.3 Å². The smallest absolute Gasteiger partial charge is 0.322 e. The number of nitrogens with one attached hydrogen (secondary N) is 3. The molecule has 0 spiro atoms. The van der Waals surface area contributed by atoms with Crippen molar-refractivity contribution >= 4 is 49.1 Å². The molecule has 5 rings (SSSR count). The lowest BCUT2D eigenvalue weighted by molar-refractivity contribution is 0.103. The van der Waals surface area contributed by atoms with Crippen molar-refractivity contribution in [2.45, 2.75) is 0 Å². The first-order chi connectivity index (χ1) is 17.3. The van der Waals surface area contributed by atoms with Crippen molar-refractivity contribution in [3.63, 3.8) is 0 Å². The Balaban J connectivity index is 1.47. The second kappa shape index (κ2) is 9.31. The van der Waals surface area contributed by atoms with Gasteiger partial charge in [0.25, 0.3) is 0 Å². The SMILES string of the molecule is COc1ncc(-c2cnc3[nH]cc(C(=O)c4cccc(NS(=O)(=O)Nc5cncs5)c4F)c3c2)cn1. The van der Waals surface area contributed by atoms with Crippen LogP contribution in [0.25, 0.3) is 22.2 Å². The zero-order chi connectivity index (χ0) is 25.3. The van der Waals surface area contributed by atoms with Crippen molar-refractivity contribution < 1.29 is 22.3 Å². The molecule has 0 bridgehead atoms. The Bertz CT molecular complexity index is 1670. The Hall–Kier alpha value is -4.43. The van der Waals surface area contributed by atoms with E-state index in [-0.39, 0.29) is 27.8 Å². The second-order valence-electron chi connectivity index (χ2n) is 7.35. The maximum atomic E-state index is 15.3. The van der Waals surface area contributed by atoms with Gasteiger partial charge in [-0.25, -0.2) is 19.3 Å². The van der Waals surface area contributed by atoms with Gasteiger partial charge in [0.05, 0.1) is 30.1 Å². The van der Waals surface area contributed by atoms with Gasteiger partial charge in [0.2, 0.25) is 0 Å². The third-order valence-corrected chi connectivity index (χ3v) is 6.87. The van der Waals surface area contributed by atoms with Gasteiger partial charge in [0, 0.05) is 46.9 Å². The lowest BCUT2D eigenvalue weighted by Crippen LogP contribution is -2.22. The van der Waals surface area contributed by atoms with Crippen LogP contribution < -0.4 is 14.2 Å². The fourth-order valence-corrected chi connectivity index (χ4v) is 5.11. The summed E-state index contributed by atoms with van der Waals surface area (Å²) in [6.45, 7) is 0. The molecule has 36 heavy (non-hydrogen) atoms. The summed E-state index contributed by atoms with van der Waals surface area (Å²) in [5, 5.41) is 0.699. The minimum atomic E-state index is -4.17. The topological polar surface area (TPSA) is 152 Å². The Kier molecular flexibility index (Phi) is 6.03. The number of hydrogen-bond donors (Lipinski definition) is 3. The number of aromatic amines is 1. The fourth-order valence-electron chi connectivity index (χ4n) is 3.42. The minimum absolute atomic E-state index is 0.162. The number of rotatable bonds is 8. The summed E-state index contributed by atoms with van der Waals surface area (Å²) in [4.78, 5) is 32.5. The van der Waals surface area contributed by atoms with Crippen molar-refractivity contribution in [1.29, 1.82) is 0 Å². The van der Waals surface area contributed by atoms with E-state index < -0.39 is 21.8 Å². The number of halogens is 1. The normalized spacial score (nSPS) is 11.4. The summed E-state index contributed by atoms with van der Waals surface area (Å²) in [5.41, 5.74) is 2.61. The molecule has 4 aromatic heterocycles. The molecule has 0 saturated carbocycles. The van der Waals surface area contributed by atoms with Crippen LogP contribution in [0.5, 0.6) is 6.01 Å². The molecule has 0 aliphatic carbocycles. The van der Waals surface area contributed by atoms with E-state index in [1.807, 2.05) is 0 Å². The number of thiazole rings is 1. The van der Waals surface area contributed by atoms with E-state index in [1.165, 1.54) is 43.2 Å². The number of benzene rings is 1. The molecule has 0 aliphatic rings. The number of anilines is 2. The van der Waals surface area contributed by atoms with Crippen molar-refractivity contribution in [1.82, 2.24) is 24.9 Å². The first kappa shape index (κ1) is 23.3. The number of ketones is 1. The molecule has 0 radical (unpaired) electrons. The van der Waals surface area contributed by atoms with E-state index in [0.29, 0.717) is 22.2 Å². The minimum Gasteiger partial charge on any atom is -0.467 e. The third kappa shape index (κ3) is 4.58. The Morgan fingerprint density at radius 2 is 1.83 bits per heavy atom. The van der Waals surface area contributed by atoms with Crippen molar-refractivity contribution in [2.24, 2.45) is 0 Å². The zero-order valence-corrected chi connectivity index (χ0v) is 20.0. The van der Waals surface area contributed by atoms with Crippen LogP contribution in [0, 0.1) is 5.82 Å². The maximum absolute atomic E-state index is 15.3. The molecule has 0 fully saturated rings. The summed E-state index contributed by atoms with van der Waals surface area (Å²) < 4.78 is 49.4. The molecular weight excluding hydrogens is 509 g/mol. The van der Waals surface area contributed by atoms with Gasteiger partial charge in [-0.1, -0.05) is 6.07 Å². The number of fused-ring (bicyclic) bond motifs is 1. The van der Waals surface area contributed by atoms with Crippen LogP contribution in [0.1, 0.15) is 15.9 Å². The first-order valence-corrected chi connectivity index (χ1v) is 12.6. The van der Waals surface area contributed by atoms with Crippen LogP contribution in [0.15, 0.2) is 60.8 Å². The van der Waals surface area contributed by atoms with Gasteiger partial charge >= 0.3 is 16.2 Å². The predicted molar refractivity (Wildman–Crippen MR) is 132 cm³/mol. The highest BCUT2D eigenvalue weighted by molar-refractivity contribution is 7.94. The molecule has 5 aromatic rings. The van der Waals surface area contributed by atoms with Gasteiger partial charge in [-0.3, -0.25) is 19.2 Å². The molecule has 3 N–H and O–H groups in total. The number of H-pyrrole nitrogens is 1. The molecule has 0 saturated heterocycles. The molecular formula is C22H16FN7O4S2. The Morgan fingerprint density at radius 1 is 1.06 bits per heavy atom. The summed E-state index contributed by atoms with van der Waals surface area (Å²) in [7, 11) is -2.71. The number of methoxy groups -OCH3 is 1. The van der Waals surface area contributed by atoms with Gasteiger partial charge in [-0.2, -0.15) is 8.42 Å². The summed E-state index contributed by atoms with van der Waals surface area (Å²) in [6.07, 6.45) is 7.44. The number of aromatic nitrogens is 5. The molecule has 182 valence electrons. The second-order valence-corrected chi connectivity index (χ2v) is 9.65. The van der Waals surface area contributed by atoms with Gasteiger partial charge in [0.15, 0.2) is 11.6 Å². The predicted octanol–water partition coefficient (Wildman–Crippen LogP) is 3.62. The van der Waals surface area contributed by atoms with E-state index in [9.17, 15) is 13.2 Å². The molecule has 11 nitrogen and oxygen atoms in total. The number of carbonyl (C=O) groups excluding carboxylic acids is 1. The van der Waals surface area contributed by atoms with Crippen LogP contribution in [0.4, 0.5) is 15.1 Å². The highest BCUT2D eigenvalue weighted by Gasteiger charge is 2.22. The van der Waals surface area contributed by atoms with Crippen molar-refractivity contribution in [3.8, 4) is 17.1 Å². The molecule has 0 atom stereocenters. The van der Waals surface area contributed by atoms with Gasteiger partial charge < -0.3 is 9.72 Å². The lowest BCUT2D eigenvalue weighted by atomic mass is 10.0. The summed E-state index contributed by atoms with van der Waals surface area (Å²) in [6, 6.07) is 5.80. The highest BCUT2D eigenvalue weighted by atomic mass is 32.2. The first-order valence-electron chi connectivity index (χ1n) is 10.2. The molecule has 0 aliphatic heterocycles. The molecule has 14 heteroatoms. The zero-order valence-electron chi connectivity index (χ0n) is 18.4. The Morgan fingerprint density at radius 3 is 2.56 bits per heavy atom. The number of nitrogens with zero attached hydrogens (tertiary/aromatic N) is 4. The number of carbonyl (C=O) groups is 1. The summed E-state index contributed by atoms with van der Waals surface area (Å²) in [5.74, 6) is -1.67. The van der Waals surface area contributed by atoms with Crippen LogP contribution in [0.3, 0.4) is 0 Å². The lowest BCUT2D eigenvalue weighted by Gasteiger charge is -2.11. The molecule has 1 aromatic carbocycles. The molecule has 0 unspecified atom stereocenters. The van der Waals surface area contributed by atoms with Crippen LogP contribution in [-0.4, -0.2) is 46.2 Å². The monoisotopic (exact) mass is 525 g/mol. The van der Waals surface area contributed by atoms with E-state index in [4.69, 9.17) is 4.74 Å². The van der Waals surface area contributed by atoms with Crippen molar-refractivity contribution in [2.75, 3.05) is 16.6 Å². The standard InChI is InChI=1S/C22H16FN7O4S2/c1-34-22-27-7-13(8-28-22)12-5-15-16(9-26-21(15)25-6-12)20(31)14-3-2-4-17(19(14)23)29-36(32,33)30-18-10-24-11-35-18/h2-11,29-30H,1H3,(H,25,26). The highest BCUT2D eigenvalue weighted by Crippen LogP contribution is 2.28.